The van der Waals surface area contributed by atoms with Gasteiger partial charge in [-0.2, -0.15) is 0 Å². The fraction of sp³-hybridized carbons (Fsp3) is 0.364. The molecule has 2 rings (SSSR count). The Bertz CT molecular complexity index is 833. The fourth-order valence-corrected chi connectivity index (χ4v) is 3.68. The highest BCUT2D eigenvalue weighted by Crippen LogP contribution is 2.27. The van der Waals surface area contributed by atoms with Crippen LogP contribution in [0, 0.1) is 0 Å². The Kier molecular flexibility index (Phi) is 8.81. The predicted octanol–water partition coefficient (Wildman–Crippen LogP) is 5.52. The number of halogens is 3. The van der Waals surface area contributed by atoms with Crippen LogP contribution in [0.5, 0.6) is 0 Å². The molecule has 0 saturated heterocycles. The van der Waals surface area contributed by atoms with Crippen LogP contribution in [-0.4, -0.2) is 28.8 Å². The van der Waals surface area contributed by atoms with E-state index in [1.807, 2.05) is 20.8 Å². The zero-order chi connectivity index (χ0) is 21.6. The smallest absolute Gasteiger partial charge is 0.243 e. The van der Waals surface area contributed by atoms with E-state index >= 15 is 0 Å². The van der Waals surface area contributed by atoms with Crippen molar-refractivity contribution in [1.29, 1.82) is 0 Å². The Morgan fingerprint density at radius 2 is 1.59 bits per heavy atom. The Hall–Kier alpha value is -1.75. The zero-order valence-electron chi connectivity index (χ0n) is 16.7. The molecule has 0 fully saturated rings. The van der Waals surface area contributed by atoms with Crippen LogP contribution in [0.1, 0.15) is 38.3 Å². The molecule has 2 aromatic rings. The van der Waals surface area contributed by atoms with Gasteiger partial charge in [0.2, 0.25) is 11.8 Å². The minimum Gasteiger partial charge on any atom is -0.352 e. The summed E-state index contributed by atoms with van der Waals surface area (Å²) in [5, 5.41) is 4.42. The quantitative estimate of drug-likeness (QED) is 0.569. The lowest BCUT2D eigenvalue weighted by Crippen LogP contribution is -2.50. The number of amides is 2. The van der Waals surface area contributed by atoms with Gasteiger partial charge in [-0.1, -0.05) is 59.9 Å². The second-order valence-corrected chi connectivity index (χ2v) is 8.36. The van der Waals surface area contributed by atoms with Crippen molar-refractivity contribution in [3.8, 4) is 0 Å². The summed E-state index contributed by atoms with van der Waals surface area (Å²) >= 11 is 18.6. The largest absolute Gasteiger partial charge is 0.352 e. The maximum atomic E-state index is 13.2. The summed E-state index contributed by atoms with van der Waals surface area (Å²) in [4.78, 5) is 27.6. The normalized spacial score (nSPS) is 12.0. The standard InChI is InChI=1S/C22H25Cl3N2O2/c1-4-20(22(29)26-14(2)3)27(13-17-18(24)6-5-7-19(17)25)21(28)12-15-8-10-16(23)11-9-15/h5-11,14,20H,4,12-13H2,1-3H3,(H,26,29)/t20-/m0/s1. The van der Waals surface area contributed by atoms with Crippen molar-refractivity contribution >= 4 is 46.6 Å². The van der Waals surface area contributed by atoms with Crippen LogP contribution in [0.25, 0.3) is 0 Å². The van der Waals surface area contributed by atoms with E-state index in [2.05, 4.69) is 5.32 Å². The number of rotatable bonds is 8. The predicted molar refractivity (Wildman–Crippen MR) is 120 cm³/mol. The minimum absolute atomic E-state index is 0.0336. The van der Waals surface area contributed by atoms with Crippen molar-refractivity contribution in [1.82, 2.24) is 10.2 Å². The summed E-state index contributed by atoms with van der Waals surface area (Å²) in [6.45, 7) is 5.79. The van der Waals surface area contributed by atoms with Crippen molar-refractivity contribution in [2.24, 2.45) is 0 Å². The van der Waals surface area contributed by atoms with Gasteiger partial charge in [-0.15, -0.1) is 0 Å². The molecule has 0 bridgehead atoms. The Morgan fingerprint density at radius 3 is 2.10 bits per heavy atom. The molecule has 2 aromatic carbocycles. The maximum absolute atomic E-state index is 13.2. The van der Waals surface area contributed by atoms with Crippen molar-refractivity contribution in [3.05, 3.63) is 68.7 Å². The Labute approximate surface area is 187 Å². The summed E-state index contributed by atoms with van der Waals surface area (Å²) in [7, 11) is 0. The molecule has 29 heavy (non-hydrogen) atoms. The van der Waals surface area contributed by atoms with Gasteiger partial charge in [-0.3, -0.25) is 9.59 Å². The molecule has 0 aliphatic heterocycles. The van der Waals surface area contributed by atoms with Crippen LogP contribution in [0.3, 0.4) is 0 Å². The molecular weight excluding hydrogens is 431 g/mol. The summed E-state index contributed by atoms with van der Waals surface area (Å²) in [6, 6.07) is 11.6. The van der Waals surface area contributed by atoms with Gasteiger partial charge in [0.05, 0.1) is 6.42 Å². The summed E-state index contributed by atoms with van der Waals surface area (Å²) in [6.07, 6.45) is 0.609. The molecular formula is C22H25Cl3N2O2. The lowest BCUT2D eigenvalue weighted by Gasteiger charge is -2.31. The molecule has 0 heterocycles. The van der Waals surface area contributed by atoms with Crippen LogP contribution in [-0.2, 0) is 22.6 Å². The monoisotopic (exact) mass is 454 g/mol. The van der Waals surface area contributed by atoms with Gasteiger partial charge in [-0.05, 0) is 50.1 Å². The molecule has 0 radical (unpaired) electrons. The molecule has 0 aromatic heterocycles. The number of hydrogen-bond acceptors (Lipinski definition) is 2. The first kappa shape index (κ1) is 23.5. The number of carbonyl (C=O) groups is 2. The van der Waals surface area contributed by atoms with Gasteiger partial charge in [0.25, 0.3) is 0 Å². The molecule has 1 N–H and O–H groups in total. The van der Waals surface area contributed by atoms with Crippen LogP contribution in [0.15, 0.2) is 42.5 Å². The van der Waals surface area contributed by atoms with E-state index in [0.717, 1.165) is 5.56 Å². The van der Waals surface area contributed by atoms with Crippen molar-refractivity contribution < 1.29 is 9.59 Å². The number of benzene rings is 2. The average Bonchev–Trinajstić information content (AvgIpc) is 2.65. The van der Waals surface area contributed by atoms with Crippen LogP contribution < -0.4 is 5.32 Å². The highest BCUT2D eigenvalue weighted by atomic mass is 35.5. The third kappa shape index (κ3) is 6.63. The highest BCUT2D eigenvalue weighted by Gasteiger charge is 2.30. The van der Waals surface area contributed by atoms with Gasteiger partial charge < -0.3 is 10.2 Å². The third-order valence-electron chi connectivity index (χ3n) is 4.48. The molecule has 0 saturated carbocycles. The van der Waals surface area contributed by atoms with E-state index in [9.17, 15) is 9.59 Å². The van der Waals surface area contributed by atoms with E-state index < -0.39 is 6.04 Å². The molecule has 1 atom stereocenters. The van der Waals surface area contributed by atoms with Gasteiger partial charge >= 0.3 is 0 Å². The molecule has 0 spiro atoms. The summed E-state index contributed by atoms with van der Waals surface area (Å²) < 4.78 is 0. The van der Waals surface area contributed by atoms with Gasteiger partial charge in [0.15, 0.2) is 0 Å². The Morgan fingerprint density at radius 1 is 1.00 bits per heavy atom. The SMILES string of the molecule is CC[C@@H](C(=O)NC(C)C)N(Cc1c(Cl)cccc1Cl)C(=O)Cc1ccc(Cl)cc1. The number of nitrogens with zero attached hydrogens (tertiary/aromatic N) is 1. The molecule has 0 aliphatic carbocycles. The lowest BCUT2D eigenvalue weighted by molar-refractivity contribution is -0.141. The zero-order valence-corrected chi connectivity index (χ0v) is 19.0. The third-order valence-corrected chi connectivity index (χ3v) is 5.44. The molecule has 0 unspecified atom stereocenters. The number of carbonyl (C=O) groups excluding carboxylic acids is 2. The van der Waals surface area contributed by atoms with Gasteiger partial charge in [-0.25, -0.2) is 0 Å². The van der Waals surface area contributed by atoms with Crippen molar-refractivity contribution in [2.45, 2.75) is 52.2 Å². The van der Waals surface area contributed by atoms with Gasteiger partial charge in [0, 0.05) is 33.2 Å². The van der Waals surface area contributed by atoms with E-state index in [-0.39, 0.29) is 30.8 Å². The first-order chi connectivity index (χ1) is 13.7. The van der Waals surface area contributed by atoms with Crippen LogP contribution in [0.2, 0.25) is 15.1 Å². The van der Waals surface area contributed by atoms with Crippen molar-refractivity contribution in [2.75, 3.05) is 0 Å². The first-order valence-electron chi connectivity index (χ1n) is 9.50. The van der Waals surface area contributed by atoms with Crippen LogP contribution in [0.4, 0.5) is 0 Å². The second-order valence-electron chi connectivity index (χ2n) is 7.11. The van der Waals surface area contributed by atoms with Crippen molar-refractivity contribution in [3.63, 3.8) is 0 Å². The molecule has 7 heteroatoms. The van der Waals surface area contributed by atoms with Gasteiger partial charge in [0.1, 0.15) is 6.04 Å². The number of nitrogens with one attached hydrogen (secondary N) is 1. The highest BCUT2D eigenvalue weighted by molar-refractivity contribution is 6.36. The molecule has 0 aliphatic rings. The second kappa shape index (κ2) is 10.9. The maximum Gasteiger partial charge on any atom is 0.243 e. The van der Waals surface area contributed by atoms with Crippen LogP contribution >= 0.6 is 34.8 Å². The first-order valence-corrected chi connectivity index (χ1v) is 10.6. The molecule has 156 valence electrons. The van der Waals surface area contributed by atoms with E-state index in [1.54, 1.807) is 47.4 Å². The number of hydrogen-bond donors (Lipinski definition) is 1. The fourth-order valence-electron chi connectivity index (χ4n) is 3.03. The van der Waals surface area contributed by atoms with E-state index in [0.29, 0.717) is 27.1 Å². The summed E-state index contributed by atoms with van der Waals surface area (Å²) in [5.41, 5.74) is 1.44. The topological polar surface area (TPSA) is 49.4 Å². The molecule has 2 amide bonds. The van der Waals surface area contributed by atoms with E-state index in [1.165, 1.54) is 0 Å². The minimum atomic E-state index is -0.635. The lowest BCUT2D eigenvalue weighted by atomic mass is 10.1. The Balaban J connectivity index is 2.36. The average molecular weight is 456 g/mol. The van der Waals surface area contributed by atoms with E-state index in [4.69, 9.17) is 34.8 Å². The molecule has 4 nitrogen and oxygen atoms in total. The summed E-state index contributed by atoms with van der Waals surface area (Å²) in [5.74, 6) is -0.385.